The number of para-hydroxylation sites is 1. The Morgan fingerprint density at radius 1 is 1.31 bits per heavy atom. The summed E-state index contributed by atoms with van der Waals surface area (Å²) < 4.78 is 28.0. The number of nitrogens with one attached hydrogen (secondary N) is 1. The highest BCUT2D eigenvalue weighted by Gasteiger charge is 2.40. The molecule has 1 aromatic carbocycles. The molecule has 1 aliphatic heterocycles. The second-order valence-corrected chi connectivity index (χ2v) is 10.3. The first-order valence-electron chi connectivity index (χ1n) is 7.88. The molecule has 1 aliphatic rings. The van der Waals surface area contributed by atoms with Gasteiger partial charge in [-0.05, 0) is 36.4 Å². The zero-order valence-corrected chi connectivity index (χ0v) is 16.6. The topological polar surface area (TPSA) is 79.4 Å². The summed E-state index contributed by atoms with van der Waals surface area (Å²) in [5, 5.41) is 5.40. The van der Waals surface area contributed by atoms with E-state index in [1.54, 1.807) is 23.6 Å². The van der Waals surface area contributed by atoms with Crippen LogP contribution in [0.4, 0.5) is 5.13 Å². The molecule has 1 saturated heterocycles. The minimum atomic E-state index is -3.66. The zero-order chi connectivity index (χ0) is 18.3. The quantitative estimate of drug-likeness (QED) is 0.686. The minimum absolute atomic E-state index is 0.254. The van der Waals surface area contributed by atoms with E-state index in [0.717, 1.165) is 16.0 Å². The van der Waals surface area contributed by atoms with Gasteiger partial charge >= 0.3 is 0 Å². The fourth-order valence-electron chi connectivity index (χ4n) is 2.97. The predicted octanol–water partition coefficient (Wildman–Crippen LogP) is 3.80. The normalized spacial score (nSPS) is 18.4. The van der Waals surface area contributed by atoms with Crippen molar-refractivity contribution in [2.45, 2.75) is 23.1 Å². The molecule has 0 aliphatic carbocycles. The molecule has 1 amide bonds. The number of hydrogen-bond acceptors (Lipinski definition) is 6. The van der Waals surface area contributed by atoms with Gasteiger partial charge in [-0.2, -0.15) is 4.31 Å². The highest BCUT2D eigenvalue weighted by molar-refractivity contribution is 7.91. The molecular weight excluding hydrogens is 414 g/mol. The summed E-state index contributed by atoms with van der Waals surface area (Å²) in [6.45, 7) is 0.337. The molecule has 2 aromatic heterocycles. The third-order valence-electron chi connectivity index (χ3n) is 4.16. The van der Waals surface area contributed by atoms with Crippen LogP contribution < -0.4 is 5.32 Å². The number of aromatic nitrogens is 1. The van der Waals surface area contributed by atoms with Crippen molar-refractivity contribution in [3.05, 3.63) is 40.7 Å². The van der Waals surface area contributed by atoms with E-state index in [0.29, 0.717) is 35.1 Å². The molecule has 1 atom stereocenters. The van der Waals surface area contributed by atoms with Gasteiger partial charge in [0.2, 0.25) is 5.91 Å². The smallest absolute Gasteiger partial charge is 0.253 e. The van der Waals surface area contributed by atoms with Crippen LogP contribution in [-0.2, 0) is 14.8 Å². The Morgan fingerprint density at radius 2 is 2.15 bits per heavy atom. The number of benzene rings is 1. The Kier molecular flexibility index (Phi) is 4.74. The molecular formula is C16H14ClN3O3S3. The number of sulfonamides is 1. The molecule has 4 rings (SSSR count). The van der Waals surface area contributed by atoms with Crippen molar-refractivity contribution in [3.8, 4) is 0 Å². The molecule has 0 radical (unpaired) electrons. The van der Waals surface area contributed by atoms with Crippen molar-refractivity contribution in [2.75, 3.05) is 11.9 Å². The first kappa shape index (κ1) is 17.9. The van der Waals surface area contributed by atoms with Crippen LogP contribution >= 0.6 is 34.3 Å². The maximum atomic E-state index is 12.8. The predicted molar refractivity (Wildman–Crippen MR) is 104 cm³/mol. The van der Waals surface area contributed by atoms with Crippen molar-refractivity contribution in [1.29, 1.82) is 0 Å². The zero-order valence-electron chi connectivity index (χ0n) is 13.4. The van der Waals surface area contributed by atoms with Gasteiger partial charge in [-0.1, -0.05) is 35.1 Å². The van der Waals surface area contributed by atoms with Gasteiger partial charge in [-0.3, -0.25) is 4.79 Å². The average Bonchev–Trinajstić information content (AvgIpc) is 3.35. The van der Waals surface area contributed by atoms with E-state index >= 15 is 0 Å². The number of fused-ring (bicyclic) bond motifs is 1. The number of anilines is 1. The number of thiophene rings is 1. The molecule has 10 heteroatoms. The number of hydrogen-bond donors (Lipinski definition) is 1. The monoisotopic (exact) mass is 427 g/mol. The first-order chi connectivity index (χ1) is 12.5. The van der Waals surface area contributed by atoms with E-state index < -0.39 is 16.1 Å². The van der Waals surface area contributed by atoms with Crippen molar-refractivity contribution in [2.24, 2.45) is 0 Å². The Hall–Kier alpha value is -1.52. The Bertz CT molecular complexity index is 1060. The molecule has 0 bridgehead atoms. The lowest BCUT2D eigenvalue weighted by Gasteiger charge is -2.22. The van der Waals surface area contributed by atoms with Crippen LogP contribution in [-0.4, -0.2) is 36.2 Å². The molecule has 0 saturated carbocycles. The molecule has 0 spiro atoms. The lowest BCUT2D eigenvalue weighted by Crippen LogP contribution is -2.42. The van der Waals surface area contributed by atoms with E-state index in [1.807, 2.05) is 12.1 Å². The number of nitrogens with zero attached hydrogens (tertiary/aromatic N) is 2. The number of carbonyl (C=O) groups is 1. The van der Waals surface area contributed by atoms with Gasteiger partial charge < -0.3 is 5.32 Å². The van der Waals surface area contributed by atoms with Crippen LogP contribution in [0.1, 0.15) is 12.8 Å². The van der Waals surface area contributed by atoms with Crippen LogP contribution in [0.2, 0.25) is 5.02 Å². The van der Waals surface area contributed by atoms with Crippen LogP contribution in [0, 0.1) is 0 Å². The fraction of sp³-hybridized carbons (Fsp3) is 0.250. The van der Waals surface area contributed by atoms with Gasteiger partial charge in [0.15, 0.2) is 5.13 Å². The SMILES string of the molecule is O=C(Nc1nc2c(Cl)cccc2s1)C1CCCN1S(=O)(=O)c1cccs1. The van der Waals surface area contributed by atoms with Gasteiger partial charge in [0, 0.05) is 6.54 Å². The highest BCUT2D eigenvalue weighted by atomic mass is 35.5. The maximum absolute atomic E-state index is 12.8. The van der Waals surface area contributed by atoms with Crippen LogP contribution in [0.3, 0.4) is 0 Å². The largest absolute Gasteiger partial charge is 0.301 e. The van der Waals surface area contributed by atoms with Crippen LogP contribution in [0.15, 0.2) is 39.9 Å². The summed E-state index contributed by atoms with van der Waals surface area (Å²) >= 11 is 8.58. The number of thiazole rings is 1. The lowest BCUT2D eigenvalue weighted by atomic mass is 10.2. The second-order valence-electron chi connectivity index (χ2n) is 5.80. The van der Waals surface area contributed by atoms with Crippen LogP contribution in [0.5, 0.6) is 0 Å². The number of rotatable bonds is 4. The van der Waals surface area contributed by atoms with Crippen molar-refractivity contribution in [3.63, 3.8) is 0 Å². The van der Waals surface area contributed by atoms with E-state index in [4.69, 9.17) is 11.6 Å². The lowest BCUT2D eigenvalue weighted by molar-refractivity contribution is -0.119. The van der Waals surface area contributed by atoms with E-state index in [-0.39, 0.29) is 10.1 Å². The molecule has 6 nitrogen and oxygen atoms in total. The average molecular weight is 428 g/mol. The second kappa shape index (κ2) is 6.90. The molecule has 3 aromatic rings. The standard InChI is InChI=1S/C16H14ClN3O3S3/c17-10-4-1-6-12-14(10)18-16(25-12)19-15(21)11-5-2-8-20(11)26(22,23)13-7-3-9-24-13/h1,3-4,6-7,9,11H,2,5,8H2,(H,18,19,21). The molecule has 1 N–H and O–H groups in total. The molecule has 3 heterocycles. The summed E-state index contributed by atoms with van der Waals surface area (Å²) in [5.41, 5.74) is 0.629. The number of halogens is 1. The van der Waals surface area contributed by atoms with Gasteiger partial charge in [0.1, 0.15) is 15.8 Å². The maximum Gasteiger partial charge on any atom is 0.253 e. The summed E-state index contributed by atoms with van der Waals surface area (Å²) in [7, 11) is -3.66. The Morgan fingerprint density at radius 3 is 2.88 bits per heavy atom. The Labute approximate surface area is 163 Å². The molecule has 1 fully saturated rings. The molecule has 136 valence electrons. The molecule has 1 unspecified atom stereocenters. The highest BCUT2D eigenvalue weighted by Crippen LogP contribution is 2.32. The number of carbonyl (C=O) groups excluding carboxylic acids is 1. The number of amides is 1. The van der Waals surface area contributed by atoms with Crippen molar-refractivity contribution in [1.82, 2.24) is 9.29 Å². The van der Waals surface area contributed by atoms with Crippen molar-refractivity contribution >= 4 is 65.6 Å². The summed E-state index contributed by atoms with van der Waals surface area (Å²) in [6.07, 6.45) is 1.14. The van der Waals surface area contributed by atoms with Gasteiger partial charge in [-0.25, -0.2) is 13.4 Å². The van der Waals surface area contributed by atoms with E-state index in [9.17, 15) is 13.2 Å². The van der Waals surface area contributed by atoms with Crippen LogP contribution in [0.25, 0.3) is 10.2 Å². The third-order valence-corrected chi connectivity index (χ3v) is 8.69. The van der Waals surface area contributed by atoms with Crippen molar-refractivity contribution < 1.29 is 13.2 Å². The third kappa shape index (κ3) is 3.14. The fourth-order valence-corrected chi connectivity index (χ4v) is 6.92. The summed E-state index contributed by atoms with van der Waals surface area (Å²) in [4.78, 5) is 17.1. The first-order valence-corrected chi connectivity index (χ1v) is 11.4. The summed E-state index contributed by atoms with van der Waals surface area (Å²) in [5.74, 6) is -0.363. The summed E-state index contributed by atoms with van der Waals surface area (Å²) in [6, 6.07) is 7.95. The molecule has 26 heavy (non-hydrogen) atoms. The van der Waals surface area contributed by atoms with Gasteiger partial charge in [-0.15, -0.1) is 11.3 Å². The van der Waals surface area contributed by atoms with Gasteiger partial charge in [0.25, 0.3) is 10.0 Å². The van der Waals surface area contributed by atoms with Gasteiger partial charge in [0.05, 0.1) is 9.72 Å². The Balaban J connectivity index is 1.58. The minimum Gasteiger partial charge on any atom is -0.301 e. The van der Waals surface area contributed by atoms with E-state index in [2.05, 4.69) is 10.3 Å². The van der Waals surface area contributed by atoms with E-state index in [1.165, 1.54) is 15.6 Å².